The van der Waals surface area contributed by atoms with Gasteiger partial charge in [-0.1, -0.05) is 0 Å². The molecule has 6 heteroatoms. The van der Waals surface area contributed by atoms with Crippen molar-refractivity contribution in [3.05, 3.63) is 0 Å². The van der Waals surface area contributed by atoms with Crippen LogP contribution in [0.15, 0.2) is 0 Å². The molecule has 0 heterocycles. The third-order valence-corrected chi connectivity index (χ3v) is 7.18. The number of thioether (sulfide) groups is 1. The molecule has 0 saturated heterocycles. The van der Waals surface area contributed by atoms with Crippen LogP contribution in [0.5, 0.6) is 0 Å². The lowest BCUT2D eigenvalue weighted by molar-refractivity contribution is -0.132. The smallest absolute Gasteiger partial charge is 0.225 e. The summed E-state index contributed by atoms with van der Waals surface area (Å²) >= 11 is 1.88. The average molecular weight is 369 g/mol. The summed E-state index contributed by atoms with van der Waals surface area (Å²) in [4.78, 5) is 24.9. The molecule has 0 spiro atoms. The van der Waals surface area contributed by atoms with Gasteiger partial charge in [-0.05, 0) is 64.0 Å². The normalized spacial score (nSPS) is 35.8. The number of carbonyl (C=O) groups is 2. The molecule has 0 radical (unpaired) electrons. The molecule has 5 nitrogen and oxygen atoms in total. The maximum atomic E-state index is 12.7. The van der Waals surface area contributed by atoms with Crippen LogP contribution in [-0.2, 0) is 14.3 Å². The van der Waals surface area contributed by atoms with E-state index in [0.29, 0.717) is 11.3 Å². The number of ether oxygens (including phenoxy) is 1. The number of nitrogens with one attached hydrogen (secondary N) is 2. The molecule has 3 aliphatic rings. The molecule has 142 valence electrons. The van der Waals surface area contributed by atoms with Crippen LogP contribution in [0.1, 0.15) is 57.8 Å². The molecule has 3 fully saturated rings. The van der Waals surface area contributed by atoms with Gasteiger partial charge in [0.15, 0.2) is 0 Å². The first-order valence-electron chi connectivity index (χ1n) is 9.77. The van der Waals surface area contributed by atoms with Gasteiger partial charge in [-0.15, -0.1) is 0 Å². The van der Waals surface area contributed by atoms with E-state index in [-0.39, 0.29) is 35.8 Å². The maximum absolute atomic E-state index is 12.7. The van der Waals surface area contributed by atoms with Crippen LogP contribution < -0.4 is 10.6 Å². The van der Waals surface area contributed by atoms with Crippen molar-refractivity contribution in [3.8, 4) is 0 Å². The highest BCUT2D eigenvalue weighted by Crippen LogP contribution is 2.33. The van der Waals surface area contributed by atoms with Gasteiger partial charge in [0.2, 0.25) is 11.8 Å². The van der Waals surface area contributed by atoms with Crippen LogP contribution >= 0.6 is 11.8 Å². The molecular weight excluding hydrogens is 336 g/mol. The fourth-order valence-corrected chi connectivity index (χ4v) is 4.98. The zero-order valence-corrected chi connectivity index (χ0v) is 16.3. The quantitative estimate of drug-likeness (QED) is 0.756. The third kappa shape index (κ3) is 5.13. The number of hydrogen-bond donors (Lipinski definition) is 2. The average Bonchev–Trinajstić information content (AvgIpc) is 3.45. The molecule has 3 unspecified atom stereocenters. The van der Waals surface area contributed by atoms with Gasteiger partial charge in [-0.25, -0.2) is 0 Å². The van der Waals surface area contributed by atoms with E-state index >= 15 is 0 Å². The minimum Gasteiger partial charge on any atom is -0.381 e. The van der Waals surface area contributed by atoms with Gasteiger partial charge in [-0.3, -0.25) is 9.59 Å². The van der Waals surface area contributed by atoms with Crippen molar-refractivity contribution in [3.63, 3.8) is 0 Å². The highest BCUT2D eigenvalue weighted by atomic mass is 32.2. The molecular formula is C19H32N2O3S. The number of carbonyl (C=O) groups excluding carboxylic acids is 2. The number of hydrogen-bond acceptors (Lipinski definition) is 4. The Morgan fingerprint density at radius 1 is 0.880 bits per heavy atom. The van der Waals surface area contributed by atoms with Crippen LogP contribution in [0.3, 0.4) is 0 Å². The second kappa shape index (κ2) is 8.76. The van der Waals surface area contributed by atoms with Crippen molar-refractivity contribution >= 4 is 23.6 Å². The minimum absolute atomic E-state index is 0.0238. The van der Waals surface area contributed by atoms with E-state index in [9.17, 15) is 9.59 Å². The molecule has 25 heavy (non-hydrogen) atoms. The lowest BCUT2D eigenvalue weighted by Crippen LogP contribution is -2.47. The molecule has 2 amide bonds. The Morgan fingerprint density at radius 2 is 1.48 bits per heavy atom. The highest BCUT2D eigenvalue weighted by molar-refractivity contribution is 7.99. The monoisotopic (exact) mass is 368 g/mol. The van der Waals surface area contributed by atoms with Crippen molar-refractivity contribution in [1.82, 2.24) is 10.6 Å². The topological polar surface area (TPSA) is 67.4 Å². The van der Waals surface area contributed by atoms with Crippen molar-refractivity contribution in [2.45, 2.75) is 81.2 Å². The number of amides is 2. The Hall–Kier alpha value is -0.750. The van der Waals surface area contributed by atoms with Crippen LogP contribution in [0.4, 0.5) is 0 Å². The van der Waals surface area contributed by atoms with Crippen molar-refractivity contribution in [2.75, 3.05) is 13.4 Å². The van der Waals surface area contributed by atoms with Crippen LogP contribution in [-0.4, -0.2) is 48.6 Å². The predicted molar refractivity (Wildman–Crippen MR) is 100 cm³/mol. The summed E-state index contributed by atoms with van der Waals surface area (Å²) in [6.07, 6.45) is 11.0. The van der Waals surface area contributed by atoms with Gasteiger partial charge in [-0.2, -0.15) is 11.8 Å². The van der Waals surface area contributed by atoms with Crippen LogP contribution in [0, 0.1) is 11.8 Å². The predicted octanol–water partition coefficient (Wildman–Crippen LogP) is 2.49. The van der Waals surface area contributed by atoms with E-state index in [0.717, 1.165) is 57.8 Å². The minimum atomic E-state index is -0.0238. The van der Waals surface area contributed by atoms with E-state index in [2.05, 4.69) is 16.9 Å². The molecule has 2 N–H and O–H groups in total. The largest absolute Gasteiger partial charge is 0.381 e. The number of rotatable bonds is 6. The van der Waals surface area contributed by atoms with Gasteiger partial charge in [0.25, 0.3) is 0 Å². The van der Waals surface area contributed by atoms with Gasteiger partial charge in [0.05, 0.1) is 12.0 Å². The molecule has 0 aromatic heterocycles. The van der Waals surface area contributed by atoms with E-state index in [4.69, 9.17) is 4.74 Å². The van der Waals surface area contributed by atoms with Gasteiger partial charge in [0.1, 0.15) is 0 Å². The summed E-state index contributed by atoms with van der Waals surface area (Å²) in [6, 6.07) is 0.653. The maximum Gasteiger partial charge on any atom is 0.225 e. The summed E-state index contributed by atoms with van der Waals surface area (Å²) in [5.74, 6) is 0.487. The molecule has 0 aliphatic heterocycles. The Kier molecular flexibility index (Phi) is 6.67. The number of methoxy groups -OCH3 is 1. The molecule has 3 saturated carbocycles. The van der Waals surface area contributed by atoms with Gasteiger partial charge in [0, 0.05) is 30.4 Å². The molecule has 0 aromatic rings. The van der Waals surface area contributed by atoms with Gasteiger partial charge < -0.3 is 15.4 Å². The molecule has 0 bridgehead atoms. The fourth-order valence-electron chi connectivity index (χ4n) is 4.22. The molecule has 0 aromatic carbocycles. The Labute approximate surface area is 155 Å². The van der Waals surface area contributed by atoms with Crippen LogP contribution in [0.25, 0.3) is 0 Å². The zero-order valence-electron chi connectivity index (χ0n) is 15.5. The fraction of sp³-hybridized carbons (Fsp3) is 0.895. The summed E-state index contributed by atoms with van der Waals surface area (Å²) in [5.41, 5.74) is 0. The molecule has 3 aliphatic carbocycles. The Bertz CT molecular complexity index is 475. The SMILES string of the molecule is COC1CC(SC)CCC1C(=O)NC1CCC(C(=O)NC2CC2)CC1. The standard InChI is InChI=1S/C19H32N2O3S/c1-24-17-11-15(25-2)9-10-16(17)19(23)21-13-5-3-12(4-6-13)18(22)20-14-7-8-14/h12-17H,3-11H2,1-2H3,(H,20,22)(H,21,23). The summed E-state index contributed by atoms with van der Waals surface area (Å²) < 4.78 is 5.61. The zero-order chi connectivity index (χ0) is 17.8. The summed E-state index contributed by atoms with van der Waals surface area (Å²) in [5, 5.41) is 6.96. The lowest BCUT2D eigenvalue weighted by Gasteiger charge is -2.35. The summed E-state index contributed by atoms with van der Waals surface area (Å²) in [7, 11) is 1.72. The highest BCUT2D eigenvalue weighted by Gasteiger charge is 2.37. The van der Waals surface area contributed by atoms with E-state index in [1.807, 2.05) is 11.8 Å². The second-order valence-corrected chi connectivity index (χ2v) is 9.03. The molecule has 3 atom stereocenters. The van der Waals surface area contributed by atoms with Crippen molar-refractivity contribution < 1.29 is 14.3 Å². The van der Waals surface area contributed by atoms with Crippen LogP contribution in [0.2, 0.25) is 0 Å². The lowest BCUT2D eigenvalue weighted by atomic mass is 9.83. The third-order valence-electron chi connectivity index (χ3n) is 6.08. The first kappa shape index (κ1) is 19.0. The van der Waals surface area contributed by atoms with E-state index in [1.54, 1.807) is 7.11 Å². The van der Waals surface area contributed by atoms with Crippen molar-refractivity contribution in [2.24, 2.45) is 11.8 Å². The Balaban J connectivity index is 1.43. The first-order valence-corrected chi connectivity index (χ1v) is 11.1. The van der Waals surface area contributed by atoms with E-state index < -0.39 is 0 Å². The molecule has 3 rings (SSSR count). The second-order valence-electron chi connectivity index (χ2n) is 7.89. The van der Waals surface area contributed by atoms with Gasteiger partial charge >= 0.3 is 0 Å². The van der Waals surface area contributed by atoms with E-state index in [1.165, 1.54) is 0 Å². The van der Waals surface area contributed by atoms with Crippen molar-refractivity contribution in [1.29, 1.82) is 0 Å². The first-order chi connectivity index (χ1) is 12.1. The summed E-state index contributed by atoms with van der Waals surface area (Å²) in [6.45, 7) is 0. The Morgan fingerprint density at radius 3 is 2.04 bits per heavy atom.